The first-order valence-electron chi connectivity index (χ1n) is 10.9. The number of amides is 1. The van der Waals surface area contributed by atoms with Gasteiger partial charge < -0.3 is 29.5 Å². The molecule has 0 fully saturated rings. The second-order valence-electron chi connectivity index (χ2n) is 8.12. The summed E-state index contributed by atoms with van der Waals surface area (Å²) >= 11 is 3.63. The van der Waals surface area contributed by atoms with Crippen molar-refractivity contribution in [3.63, 3.8) is 0 Å². The van der Waals surface area contributed by atoms with Gasteiger partial charge in [0, 0.05) is 22.9 Å². The molecule has 35 heavy (non-hydrogen) atoms. The number of nitrogens with zero attached hydrogens (tertiary/aromatic N) is 1. The molecule has 2 aliphatic heterocycles. The summed E-state index contributed by atoms with van der Waals surface area (Å²) in [5.74, 6) is 1.35. The number of carbonyl (C=O) groups excluding carboxylic acids is 1. The number of nitrogens with one attached hydrogen (secondary N) is 1. The quantitative estimate of drug-likeness (QED) is 0.400. The molecule has 0 radical (unpaired) electrons. The lowest BCUT2D eigenvalue weighted by molar-refractivity contribution is -0.111. The highest BCUT2D eigenvalue weighted by atomic mass is 79.9. The zero-order valence-corrected chi connectivity index (χ0v) is 20.5. The third-order valence-electron chi connectivity index (χ3n) is 6.01. The summed E-state index contributed by atoms with van der Waals surface area (Å²) in [5.41, 5.74) is 3.45. The number of ether oxygens (including phenoxy) is 3. The van der Waals surface area contributed by atoms with Crippen LogP contribution in [0.25, 0.3) is 5.57 Å². The molecule has 1 unspecified atom stereocenters. The lowest BCUT2D eigenvalue weighted by Gasteiger charge is -2.36. The van der Waals surface area contributed by atoms with Crippen LogP contribution in [0.3, 0.4) is 0 Å². The fourth-order valence-electron chi connectivity index (χ4n) is 4.30. The minimum atomic E-state index is -0.292. The molecule has 1 amide bonds. The van der Waals surface area contributed by atoms with E-state index in [0.717, 1.165) is 15.6 Å². The van der Waals surface area contributed by atoms with Crippen molar-refractivity contribution in [3.8, 4) is 23.0 Å². The molecule has 0 aromatic heterocycles. The Kier molecular flexibility index (Phi) is 6.13. The fraction of sp³-hybridized carbons (Fsp3) is 0.148. The maximum atomic E-state index is 13.4. The SMILES string of the molecule is C=CC1c2cc(OC)c(O)cc2C(C(=O)Nc2ccccc2)=CN1Cc1cc2c(cc1Br)OCO2. The highest BCUT2D eigenvalue weighted by Crippen LogP contribution is 2.44. The number of halogens is 1. The summed E-state index contributed by atoms with van der Waals surface area (Å²) < 4.78 is 17.2. The number of phenolic OH excluding ortho intramolecular Hbond substituents is 1. The van der Waals surface area contributed by atoms with Crippen LogP contribution in [0.5, 0.6) is 23.0 Å². The Labute approximate surface area is 211 Å². The standard InChI is InChI=1S/C27H23BrN2O5/c1-3-22-19-11-24(33-2)23(31)10-18(19)20(27(32)29-17-7-5-4-6-8-17)14-30(22)13-16-9-25-26(12-21(16)28)35-15-34-25/h3-12,14,22,31H,1,13,15H2,2H3,(H,29,32). The van der Waals surface area contributed by atoms with Crippen molar-refractivity contribution in [1.29, 1.82) is 0 Å². The largest absolute Gasteiger partial charge is 0.504 e. The zero-order valence-electron chi connectivity index (χ0n) is 19.0. The number of anilines is 1. The smallest absolute Gasteiger partial charge is 0.257 e. The lowest BCUT2D eigenvalue weighted by Crippen LogP contribution is -2.29. The second kappa shape index (κ2) is 9.38. The molecule has 2 heterocycles. The van der Waals surface area contributed by atoms with Crippen molar-refractivity contribution in [1.82, 2.24) is 4.90 Å². The topological polar surface area (TPSA) is 80.3 Å². The summed E-state index contributed by atoms with van der Waals surface area (Å²) in [6.07, 6.45) is 3.61. The van der Waals surface area contributed by atoms with E-state index in [2.05, 4.69) is 27.8 Å². The minimum absolute atomic E-state index is 0.0422. The number of carbonyl (C=O) groups is 1. The molecule has 0 saturated heterocycles. The van der Waals surface area contributed by atoms with E-state index in [-0.39, 0.29) is 24.5 Å². The van der Waals surface area contributed by atoms with Crippen LogP contribution in [-0.4, -0.2) is 29.8 Å². The first-order chi connectivity index (χ1) is 17.0. The van der Waals surface area contributed by atoms with E-state index in [1.54, 1.807) is 24.4 Å². The van der Waals surface area contributed by atoms with Crippen LogP contribution < -0.4 is 19.5 Å². The summed E-state index contributed by atoms with van der Waals surface area (Å²) in [5, 5.41) is 13.4. The molecule has 2 N–H and O–H groups in total. The molecule has 0 aliphatic carbocycles. The fourth-order valence-corrected chi connectivity index (χ4v) is 4.75. The number of aromatic hydroxyl groups is 1. The first kappa shape index (κ1) is 22.9. The number of methoxy groups -OCH3 is 1. The van der Waals surface area contributed by atoms with Gasteiger partial charge in [-0.3, -0.25) is 4.79 Å². The number of fused-ring (bicyclic) bond motifs is 2. The van der Waals surface area contributed by atoms with E-state index in [1.807, 2.05) is 47.4 Å². The van der Waals surface area contributed by atoms with E-state index < -0.39 is 0 Å². The summed E-state index contributed by atoms with van der Waals surface area (Å²) in [6, 6.07) is 16.1. The molecule has 0 saturated carbocycles. The van der Waals surface area contributed by atoms with Gasteiger partial charge in [-0.25, -0.2) is 0 Å². The number of para-hydroxylation sites is 1. The summed E-state index contributed by atoms with van der Waals surface area (Å²) in [6.45, 7) is 4.68. The van der Waals surface area contributed by atoms with Gasteiger partial charge in [-0.15, -0.1) is 6.58 Å². The minimum Gasteiger partial charge on any atom is -0.504 e. The van der Waals surface area contributed by atoms with E-state index in [1.165, 1.54) is 7.11 Å². The van der Waals surface area contributed by atoms with Gasteiger partial charge in [0.2, 0.25) is 6.79 Å². The van der Waals surface area contributed by atoms with Gasteiger partial charge in [0.1, 0.15) is 0 Å². The van der Waals surface area contributed by atoms with Crippen LogP contribution in [-0.2, 0) is 11.3 Å². The third-order valence-corrected chi connectivity index (χ3v) is 6.74. The van der Waals surface area contributed by atoms with E-state index in [0.29, 0.717) is 40.6 Å². The van der Waals surface area contributed by atoms with Gasteiger partial charge in [0.15, 0.2) is 23.0 Å². The van der Waals surface area contributed by atoms with Crippen LogP contribution in [0, 0.1) is 0 Å². The zero-order chi connectivity index (χ0) is 24.5. The van der Waals surface area contributed by atoms with Crippen LogP contribution in [0.2, 0.25) is 0 Å². The number of hydrogen-bond acceptors (Lipinski definition) is 6. The molecule has 7 nitrogen and oxygen atoms in total. The van der Waals surface area contributed by atoms with Gasteiger partial charge in [0.05, 0.1) is 18.7 Å². The highest BCUT2D eigenvalue weighted by Gasteiger charge is 2.31. The average molecular weight is 535 g/mol. The van der Waals surface area contributed by atoms with Gasteiger partial charge in [-0.05, 0) is 53.1 Å². The first-order valence-corrected chi connectivity index (χ1v) is 11.7. The van der Waals surface area contributed by atoms with Crippen molar-refractivity contribution in [2.45, 2.75) is 12.6 Å². The van der Waals surface area contributed by atoms with Crippen LogP contribution in [0.1, 0.15) is 22.7 Å². The average Bonchev–Trinajstić information content (AvgIpc) is 3.31. The van der Waals surface area contributed by atoms with Gasteiger partial charge in [-0.2, -0.15) is 0 Å². The maximum Gasteiger partial charge on any atom is 0.257 e. The Morgan fingerprint density at radius 3 is 2.69 bits per heavy atom. The second-order valence-corrected chi connectivity index (χ2v) is 8.98. The molecule has 3 aromatic carbocycles. The molecule has 0 spiro atoms. The van der Waals surface area contributed by atoms with E-state index in [9.17, 15) is 9.90 Å². The Morgan fingerprint density at radius 1 is 1.23 bits per heavy atom. The Bertz CT molecular complexity index is 1340. The third kappa shape index (κ3) is 4.33. The van der Waals surface area contributed by atoms with Gasteiger partial charge in [0.25, 0.3) is 5.91 Å². The number of benzene rings is 3. The van der Waals surface area contributed by atoms with Crippen LogP contribution in [0.15, 0.2) is 77.9 Å². The van der Waals surface area contributed by atoms with Gasteiger partial charge >= 0.3 is 0 Å². The van der Waals surface area contributed by atoms with Crippen molar-refractivity contribution < 1.29 is 24.1 Å². The molecule has 5 rings (SSSR count). The molecule has 3 aromatic rings. The summed E-state index contributed by atoms with van der Waals surface area (Å²) in [7, 11) is 1.49. The van der Waals surface area contributed by atoms with E-state index in [4.69, 9.17) is 14.2 Å². The molecule has 1 atom stereocenters. The van der Waals surface area contributed by atoms with E-state index >= 15 is 0 Å². The number of rotatable bonds is 6. The summed E-state index contributed by atoms with van der Waals surface area (Å²) in [4.78, 5) is 15.4. The van der Waals surface area contributed by atoms with Crippen molar-refractivity contribution >= 4 is 33.1 Å². The molecule has 178 valence electrons. The monoisotopic (exact) mass is 534 g/mol. The molecule has 0 bridgehead atoms. The normalized spacial score (nSPS) is 15.8. The Hall–Kier alpha value is -3.91. The maximum absolute atomic E-state index is 13.4. The Balaban J connectivity index is 1.58. The molecule has 2 aliphatic rings. The van der Waals surface area contributed by atoms with Crippen molar-refractivity contribution in [2.75, 3.05) is 19.2 Å². The van der Waals surface area contributed by atoms with Crippen LogP contribution in [0.4, 0.5) is 5.69 Å². The number of hydrogen-bond donors (Lipinski definition) is 2. The lowest BCUT2D eigenvalue weighted by atomic mass is 9.89. The Morgan fingerprint density at radius 2 is 1.97 bits per heavy atom. The molecular weight excluding hydrogens is 512 g/mol. The molecule has 8 heteroatoms. The highest BCUT2D eigenvalue weighted by molar-refractivity contribution is 9.10. The predicted molar refractivity (Wildman–Crippen MR) is 136 cm³/mol. The van der Waals surface area contributed by atoms with Crippen molar-refractivity contribution in [3.05, 3.63) is 94.6 Å². The van der Waals surface area contributed by atoms with Crippen molar-refractivity contribution in [2.24, 2.45) is 0 Å². The predicted octanol–water partition coefficient (Wildman–Crippen LogP) is 5.61. The molecular formula is C27H23BrN2O5. The van der Waals surface area contributed by atoms with Gasteiger partial charge in [-0.1, -0.05) is 40.2 Å². The van der Waals surface area contributed by atoms with Crippen LogP contribution >= 0.6 is 15.9 Å². The number of phenols is 1.